The van der Waals surface area contributed by atoms with Crippen molar-refractivity contribution in [3.8, 4) is 0 Å². The number of hydrogen-bond acceptors (Lipinski definition) is 4. The molecule has 1 N–H and O–H groups in total. The van der Waals surface area contributed by atoms with Crippen LogP contribution in [0, 0.1) is 21.7 Å². The third kappa shape index (κ3) is 2.65. The summed E-state index contributed by atoms with van der Waals surface area (Å²) in [6, 6.07) is 1.88. The topological polar surface area (TPSA) is 58.4 Å². The first-order valence-electron chi connectivity index (χ1n) is 6.03. The zero-order valence-electron chi connectivity index (χ0n) is 10.7. The summed E-state index contributed by atoms with van der Waals surface area (Å²) in [4.78, 5) is 11.8. The Morgan fingerprint density at radius 3 is 2.42 bits per heavy atom. The van der Waals surface area contributed by atoms with E-state index < -0.39 is 22.2 Å². The highest BCUT2D eigenvalue weighted by atomic mass is 19.2. The quantitative estimate of drug-likeness (QED) is 0.660. The van der Waals surface area contributed by atoms with Crippen LogP contribution in [-0.2, 0) is 0 Å². The predicted octanol–water partition coefficient (Wildman–Crippen LogP) is 2.06. The molecule has 1 heterocycles. The fraction of sp³-hybridized carbons (Fsp3) is 0.500. The van der Waals surface area contributed by atoms with Crippen LogP contribution in [-0.4, -0.2) is 30.1 Å². The minimum atomic E-state index is -1.16. The van der Waals surface area contributed by atoms with Gasteiger partial charge in [-0.1, -0.05) is 0 Å². The minimum Gasteiger partial charge on any atom is -0.360 e. The molecule has 0 aromatic heterocycles. The van der Waals surface area contributed by atoms with E-state index in [1.807, 2.05) is 13.8 Å². The summed E-state index contributed by atoms with van der Waals surface area (Å²) in [6.07, 6.45) is 0. The van der Waals surface area contributed by atoms with Gasteiger partial charge in [0.05, 0.1) is 4.92 Å². The van der Waals surface area contributed by atoms with E-state index in [2.05, 4.69) is 5.32 Å². The van der Waals surface area contributed by atoms with Crippen LogP contribution >= 0.6 is 0 Å². The molecule has 1 fully saturated rings. The smallest absolute Gasteiger partial charge is 0.295 e. The molecule has 7 heteroatoms. The summed E-state index contributed by atoms with van der Waals surface area (Å²) >= 11 is 0. The van der Waals surface area contributed by atoms with Gasteiger partial charge in [0, 0.05) is 31.2 Å². The molecule has 0 radical (unpaired) electrons. The molecule has 1 aromatic carbocycles. The molecule has 0 amide bonds. The van der Waals surface area contributed by atoms with Crippen LogP contribution < -0.4 is 10.2 Å². The molecule has 0 bridgehead atoms. The highest BCUT2D eigenvalue weighted by Crippen LogP contribution is 2.33. The van der Waals surface area contributed by atoms with Crippen molar-refractivity contribution in [1.82, 2.24) is 5.32 Å². The van der Waals surface area contributed by atoms with Gasteiger partial charge in [-0.2, -0.15) is 0 Å². The van der Waals surface area contributed by atoms with E-state index in [9.17, 15) is 18.9 Å². The Bertz CT molecular complexity index is 500. The fourth-order valence-electron chi connectivity index (χ4n) is 2.49. The summed E-state index contributed by atoms with van der Waals surface area (Å²) in [6.45, 7) is 4.58. The standard InChI is InChI=1S/C12H15F2N3O2/c1-7-5-16(6-8(2)15-7)12-10(17(18)19)4-3-9(13)11(12)14/h3-4,7-8,15H,5-6H2,1-2H3. The number of nitro groups is 1. The SMILES string of the molecule is CC1CN(c2c([N+](=O)[O-])ccc(F)c2F)CC(C)N1. The summed E-state index contributed by atoms with van der Waals surface area (Å²) in [5, 5.41) is 14.2. The normalized spacial score (nSPS) is 23.5. The third-order valence-corrected chi connectivity index (χ3v) is 3.12. The van der Waals surface area contributed by atoms with Gasteiger partial charge in [0.15, 0.2) is 17.3 Å². The van der Waals surface area contributed by atoms with Crippen molar-refractivity contribution in [2.75, 3.05) is 18.0 Å². The summed E-state index contributed by atoms with van der Waals surface area (Å²) in [7, 11) is 0. The third-order valence-electron chi connectivity index (χ3n) is 3.12. The van der Waals surface area contributed by atoms with Crippen LogP contribution in [0.25, 0.3) is 0 Å². The van der Waals surface area contributed by atoms with Gasteiger partial charge in [-0.15, -0.1) is 0 Å². The van der Waals surface area contributed by atoms with Crippen molar-refractivity contribution in [1.29, 1.82) is 0 Å². The molecule has 0 aliphatic carbocycles. The predicted molar refractivity (Wildman–Crippen MR) is 67.3 cm³/mol. The zero-order valence-corrected chi connectivity index (χ0v) is 10.7. The lowest BCUT2D eigenvalue weighted by atomic mass is 10.1. The van der Waals surface area contributed by atoms with Crippen molar-refractivity contribution >= 4 is 11.4 Å². The molecule has 0 spiro atoms. The molecule has 1 aliphatic rings. The summed E-state index contributed by atoms with van der Waals surface area (Å²) < 4.78 is 27.3. The van der Waals surface area contributed by atoms with Gasteiger partial charge in [0.1, 0.15) is 0 Å². The molecular weight excluding hydrogens is 256 g/mol. The first-order valence-corrected chi connectivity index (χ1v) is 6.03. The Labute approximate surface area is 109 Å². The van der Waals surface area contributed by atoms with Crippen LogP contribution in [0.5, 0.6) is 0 Å². The average Bonchev–Trinajstić information content (AvgIpc) is 2.30. The van der Waals surface area contributed by atoms with Gasteiger partial charge < -0.3 is 10.2 Å². The minimum absolute atomic E-state index is 0.0472. The molecule has 2 unspecified atom stereocenters. The Morgan fingerprint density at radius 2 is 1.89 bits per heavy atom. The highest BCUT2D eigenvalue weighted by molar-refractivity contribution is 5.64. The number of anilines is 1. The average molecular weight is 271 g/mol. The van der Waals surface area contributed by atoms with Gasteiger partial charge in [-0.3, -0.25) is 10.1 Å². The Morgan fingerprint density at radius 1 is 1.32 bits per heavy atom. The maximum absolute atomic E-state index is 13.9. The molecular formula is C12H15F2N3O2. The van der Waals surface area contributed by atoms with Crippen LogP contribution in [0.4, 0.5) is 20.2 Å². The van der Waals surface area contributed by atoms with Crippen LogP contribution in [0.15, 0.2) is 12.1 Å². The number of piperazine rings is 1. The van der Waals surface area contributed by atoms with E-state index in [1.165, 1.54) is 4.90 Å². The molecule has 1 aromatic rings. The lowest BCUT2D eigenvalue weighted by molar-refractivity contribution is -0.384. The van der Waals surface area contributed by atoms with Gasteiger partial charge >= 0.3 is 0 Å². The number of nitro benzene ring substituents is 1. The number of rotatable bonds is 2. The molecule has 19 heavy (non-hydrogen) atoms. The van der Waals surface area contributed by atoms with Gasteiger partial charge in [0.25, 0.3) is 5.69 Å². The van der Waals surface area contributed by atoms with E-state index in [-0.39, 0.29) is 17.8 Å². The van der Waals surface area contributed by atoms with Crippen molar-refractivity contribution < 1.29 is 13.7 Å². The molecule has 0 saturated carbocycles. The van der Waals surface area contributed by atoms with Crippen molar-refractivity contribution in [2.24, 2.45) is 0 Å². The molecule has 2 atom stereocenters. The molecule has 5 nitrogen and oxygen atoms in total. The van der Waals surface area contributed by atoms with Crippen LogP contribution in [0.2, 0.25) is 0 Å². The molecule has 104 valence electrons. The Hall–Kier alpha value is -1.76. The second-order valence-corrected chi connectivity index (χ2v) is 4.86. The van der Waals surface area contributed by atoms with Crippen molar-refractivity contribution in [3.63, 3.8) is 0 Å². The lowest BCUT2D eigenvalue weighted by Crippen LogP contribution is -2.54. The number of benzene rings is 1. The van der Waals surface area contributed by atoms with E-state index >= 15 is 0 Å². The Balaban J connectivity index is 2.47. The first-order chi connectivity index (χ1) is 8.90. The fourth-order valence-corrected chi connectivity index (χ4v) is 2.49. The first kappa shape index (κ1) is 13.7. The monoisotopic (exact) mass is 271 g/mol. The largest absolute Gasteiger partial charge is 0.360 e. The number of hydrogen-bond donors (Lipinski definition) is 1. The van der Waals surface area contributed by atoms with Crippen LogP contribution in [0.1, 0.15) is 13.8 Å². The second kappa shape index (κ2) is 5.08. The number of nitrogens with one attached hydrogen (secondary N) is 1. The van der Waals surface area contributed by atoms with Gasteiger partial charge in [-0.25, -0.2) is 8.78 Å². The van der Waals surface area contributed by atoms with E-state index in [1.54, 1.807) is 0 Å². The van der Waals surface area contributed by atoms with Crippen molar-refractivity contribution in [2.45, 2.75) is 25.9 Å². The Kier molecular flexibility index (Phi) is 3.66. The van der Waals surface area contributed by atoms with E-state index in [4.69, 9.17) is 0 Å². The van der Waals surface area contributed by atoms with E-state index in [0.29, 0.717) is 13.1 Å². The summed E-state index contributed by atoms with van der Waals surface area (Å²) in [5.41, 5.74) is -0.662. The maximum atomic E-state index is 13.9. The van der Waals surface area contributed by atoms with Gasteiger partial charge in [0.2, 0.25) is 0 Å². The zero-order chi connectivity index (χ0) is 14.2. The highest BCUT2D eigenvalue weighted by Gasteiger charge is 2.30. The number of halogens is 2. The molecule has 1 saturated heterocycles. The summed E-state index contributed by atoms with van der Waals surface area (Å²) in [5.74, 6) is -2.23. The maximum Gasteiger partial charge on any atom is 0.295 e. The van der Waals surface area contributed by atoms with Crippen molar-refractivity contribution in [3.05, 3.63) is 33.9 Å². The molecule has 2 rings (SSSR count). The van der Waals surface area contributed by atoms with E-state index in [0.717, 1.165) is 12.1 Å². The second-order valence-electron chi connectivity index (χ2n) is 4.86. The lowest BCUT2D eigenvalue weighted by Gasteiger charge is -2.37. The van der Waals surface area contributed by atoms with Gasteiger partial charge in [-0.05, 0) is 19.9 Å². The molecule has 1 aliphatic heterocycles. The number of nitrogens with zero attached hydrogens (tertiary/aromatic N) is 2. The van der Waals surface area contributed by atoms with Crippen LogP contribution in [0.3, 0.4) is 0 Å².